The number of halogens is 2. The van der Waals surface area contributed by atoms with Crippen LogP contribution in [0.5, 0.6) is 5.75 Å². The van der Waals surface area contributed by atoms with E-state index in [0.717, 1.165) is 20.0 Å². The molecular weight excluding hydrogens is 317 g/mol. The third-order valence-electron chi connectivity index (χ3n) is 2.39. The number of thiophene rings is 1. The van der Waals surface area contributed by atoms with Gasteiger partial charge in [0, 0.05) is 17.0 Å². The monoisotopic (exact) mass is 329 g/mol. The topological polar surface area (TPSA) is 21.3 Å². The fourth-order valence-corrected chi connectivity index (χ4v) is 2.99. The fourth-order valence-electron chi connectivity index (χ4n) is 1.60. The highest BCUT2D eigenvalue weighted by molar-refractivity contribution is 9.11. The van der Waals surface area contributed by atoms with Crippen molar-refractivity contribution in [3.05, 3.63) is 50.4 Å². The lowest BCUT2D eigenvalue weighted by atomic mass is 10.2. The molecule has 0 unspecified atom stereocenters. The van der Waals surface area contributed by atoms with Gasteiger partial charge in [-0.05, 0) is 53.3 Å². The first-order valence-electron chi connectivity index (χ1n) is 5.49. The zero-order chi connectivity index (χ0) is 13.0. The van der Waals surface area contributed by atoms with Crippen LogP contribution in [0.4, 0.5) is 4.39 Å². The summed E-state index contributed by atoms with van der Waals surface area (Å²) in [6, 6.07) is 8.58. The zero-order valence-electron chi connectivity index (χ0n) is 9.87. The highest BCUT2D eigenvalue weighted by atomic mass is 79.9. The largest absolute Gasteiger partial charge is 0.488 e. The molecule has 0 amide bonds. The number of nitrogens with one attached hydrogen (secondary N) is 1. The van der Waals surface area contributed by atoms with Gasteiger partial charge in [0.2, 0.25) is 0 Å². The van der Waals surface area contributed by atoms with Crippen molar-refractivity contribution >= 4 is 27.3 Å². The Bertz CT molecular complexity index is 529. The van der Waals surface area contributed by atoms with Gasteiger partial charge in [0.05, 0.1) is 3.79 Å². The minimum Gasteiger partial charge on any atom is -0.488 e. The van der Waals surface area contributed by atoms with Gasteiger partial charge in [0.25, 0.3) is 0 Å². The van der Waals surface area contributed by atoms with Crippen LogP contribution in [0.3, 0.4) is 0 Å². The maximum Gasteiger partial charge on any atom is 0.124 e. The SMILES string of the molecule is CNCc1cc(F)ccc1OCc1ccc(Br)s1. The number of benzene rings is 1. The molecule has 0 saturated heterocycles. The van der Waals surface area contributed by atoms with Crippen molar-refractivity contribution in [2.24, 2.45) is 0 Å². The van der Waals surface area contributed by atoms with E-state index >= 15 is 0 Å². The molecule has 2 nitrogen and oxygen atoms in total. The Morgan fingerprint density at radius 3 is 2.83 bits per heavy atom. The van der Waals surface area contributed by atoms with E-state index < -0.39 is 0 Å². The summed E-state index contributed by atoms with van der Waals surface area (Å²) in [5, 5.41) is 3.00. The fraction of sp³-hybridized carbons (Fsp3) is 0.231. The Morgan fingerprint density at radius 1 is 1.33 bits per heavy atom. The first kappa shape index (κ1) is 13.5. The molecule has 2 aromatic rings. The number of ether oxygens (including phenoxy) is 1. The molecule has 0 aliphatic carbocycles. The molecule has 18 heavy (non-hydrogen) atoms. The number of rotatable bonds is 5. The third-order valence-corrected chi connectivity index (χ3v) is 3.99. The van der Waals surface area contributed by atoms with Gasteiger partial charge in [0.1, 0.15) is 18.2 Å². The molecule has 0 radical (unpaired) electrons. The van der Waals surface area contributed by atoms with Gasteiger partial charge in [0.15, 0.2) is 0 Å². The van der Waals surface area contributed by atoms with Crippen molar-refractivity contribution in [1.29, 1.82) is 0 Å². The van der Waals surface area contributed by atoms with E-state index in [0.29, 0.717) is 13.2 Å². The van der Waals surface area contributed by atoms with Crippen molar-refractivity contribution in [1.82, 2.24) is 5.32 Å². The second kappa shape index (κ2) is 6.31. The van der Waals surface area contributed by atoms with E-state index in [-0.39, 0.29) is 5.82 Å². The molecule has 1 aromatic heterocycles. The molecule has 1 N–H and O–H groups in total. The molecule has 0 atom stereocenters. The maximum absolute atomic E-state index is 13.1. The lowest BCUT2D eigenvalue weighted by Gasteiger charge is -2.10. The summed E-state index contributed by atoms with van der Waals surface area (Å²) >= 11 is 5.04. The molecule has 1 aromatic carbocycles. The first-order valence-corrected chi connectivity index (χ1v) is 7.10. The summed E-state index contributed by atoms with van der Waals surface area (Å²) < 4.78 is 20.0. The summed E-state index contributed by atoms with van der Waals surface area (Å²) in [5.41, 5.74) is 0.827. The smallest absolute Gasteiger partial charge is 0.124 e. The zero-order valence-corrected chi connectivity index (χ0v) is 12.3. The quantitative estimate of drug-likeness (QED) is 0.896. The Morgan fingerprint density at radius 2 is 2.17 bits per heavy atom. The average Bonchev–Trinajstić information content (AvgIpc) is 2.75. The van der Waals surface area contributed by atoms with Gasteiger partial charge in [-0.1, -0.05) is 0 Å². The summed E-state index contributed by atoms with van der Waals surface area (Å²) in [6.07, 6.45) is 0. The number of hydrogen-bond donors (Lipinski definition) is 1. The summed E-state index contributed by atoms with van der Waals surface area (Å²) in [5.74, 6) is 0.474. The van der Waals surface area contributed by atoms with Crippen LogP contribution < -0.4 is 10.1 Å². The van der Waals surface area contributed by atoms with Crippen LogP contribution in [0.25, 0.3) is 0 Å². The summed E-state index contributed by atoms with van der Waals surface area (Å²) in [7, 11) is 1.82. The van der Waals surface area contributed by atoms with Crippen LogP contribution >= 0.6 is 27.3 Å². The van der Waals surface area contributed by atoms with Crippen LogP contribution in [0, 0.1) is 5.82 Å². The van der Waals surface area contributed by atoms with Gasteiger partial charge in [-0.25, -0.2) is 4.39 Å². The molecule has 0 fully saturated rings. The maximum atomic E-state index is 13.1. The second-order valence-corrected chi connectivity index (χ2v) is 6.32. The molecule has 0 spiro atoms. The average molecular weight is 330 g/mol. The van der Waals surface area contributed by atoms with Crippen LogP contribution in [0.2, 0.25) is 0 Å². The minimum absolute atomic E-state index is 0.244. The lowest BCUT2D eigenvalue weighted by Crippen LogP contribution is -2.07. The Balaban J connectivity index is 2.08. The van der Waals surface area contributed by atoms with Gasteiger partial charge < -0.3 is 10.1 Å². The summed E-state index contributed by atoms with van der Waals surface area (Å²) in [4.78, 5) is 1.13. The molecule has 0 saturated carbocycles. The van der Waals surface area contributed by atoms with Gasteiger partial charge in [-0.2, -0.15) is 0 Å². The van der Waals surface area contributed by atoms with Crippen LogP contribution in [0.15, 0.2) is 34.1 Å². The normalized spacial score (nSPS) is 10.6. The summed E-state index contributed by atoms with van der Waals surface area (Å²) in [6.45, 7) is 1.08. The van der Waals surface area contributed by atoms with Crippen molar-refractivity contribution in [2.45, 2.75) is 13.2 Å². The molecular formula is C13H13BrFNOS. The van der Waals surface area contributed by atoms with Crippen LogP contribution in [-0.2, 0) is 13.2 Å². The predicted molar refractivity (Wildman–Crippen MR) is 75.5 cm³/mol. The van der Waals surface area contributed by atoms with E-state index in [1.54, 1.807) is 17.4 Å². The van der Waals surface area contributed by atoms with Crippen molar-refractivity contribution < 1.29 is 9.13 Å². The van der Waals surface area contributed by atoms with Gasteiger partial charge >= 0.3 is 0 Å². The minimum atomic E-state index is -0.244. The molecule has 2 rings (SSSR count). The molecule has 1 heterocycles. The van der Waals surface area contributed by atoms with E-state index in [4.69, 9.17) is 4.74 Å². The van der Waals surface area contributed by atoms with Crippen LogP contribution in [0.1, 0.15) is 10.4 Å². The molecule has 96 valence electrons. The molecule has 0 bridgehead atoms. The Kier molecular flexibility index (Phi) is 4.74. The first-order chi connectivity index (χ1) is 8.69. The van der Waals surface area contributed by atoms with E-state index in [2.05, 4.69) is 21.2 Å². The highest BCUT2D eigenvalue weighted by Crippen LogP contribution is 2.25. The number of hydrogen-bond acceptors (Lipinski definition) is 3. The molecule has 5 heteroatoms. The van der Waals surface area contributed by atoms with Gasteiger partial charge in [-0.15, -0.1) is 11.3 Å². The van der Waals surface area contributed by atoms with Crippen molar-refractivity contribution in [3.63, 3.8) is 0 Å². The third kappa shape index (κ3) is 3.54. The van der Waals surface area contributed by atoms with E-state index in [1.165, 1.54) is 12.1 Å². The molecule has 0 aliphatic rings. The van der Waals surface area contributed by atoms with Crippen molar-refractivity contribution in [2.75, 3.05) is 7.05 Å². The highest BCUT2D eigenvalue weighted by Gasteiger charge is 2.06. The van der Waals surface area contributed by atoms with Crippen LogP contribution in [-0.4, -0.2) is 7.05 Å². The second-order valence-electron chi connectivity index (χ2n) is 3.78. The Hall–Kier alpha value is -0.910. The van der Waals surface area contributed by atoms with Gasteiger partial charge in [-0.3, -0.25) is 0 Å². The molecule has 0 aliphatic heterocycles. The standard InChI is InChI=1S/C13H13BrFNOS/c1-16-7-9-6-10(15)2-4-12(9)17-8-11-3-5-13(14)18-11/h2-6,16H,7-8H2,1H3. The lowest BCUT2D eigenvalue weighted by molar-refractivity contribution is 0.305. The van der Waals surface area contributed by atoms with E-state index in [1.807, 2.05) is 19.2 Å². The van der Waals surface area contributed by atoms with E-state index in [9.17, 15) is 4.39 Å². The van der Waals surface area contributed by atoms with Crippen molar-refractivity contribution in [3.8, 4) is 5.75 Å². The Labute approximate surface area is 118 Å². The predicted octanol–water partition coefficient (Wildman–Crippen LogP) is 3.95.